The quantitative estimate of drug-likeness (QED) is 0.835. The van der Waals surface area contributed by atoms with Crippen molar-refractivity contribution in [2.45, 2.75) is 19.5 Å². The van der Waals surface area contributed by atoms with Gasteiger partial charge in [-0.25, -0.2) is 0 Å². The van der Waals surface area contributed by atoms with Crippen LogP contribution in [0, 0.1) is 11.3 Å². The number of hydrogen-bond acceptors (Lipinski definition) is 8. The topological polar surface area (TPSA) is 109 Å². The minimum absolute atomic E-state index is 0.273. The Hall–Kier alpha value is -2.86. The fourth-order valence-corrected chi connectivity index (χ4v) is 3.27. The number of aromatic nitrogens is 4. The van der Waals surface area contributed by atoms with Crippen LogP contribution in [0.25, 0.3) is 0 Å². The van der Waals surface area contributed by atoms with Gasteiger partial charge in [0, 0.05) is 32.2 Å². The molecule has 0 spiro atoms. The largest absolute Gasteiger partial charge is 0.378 e. The molecular weight excluding hydrogens is 320 g/mol. The van der Waals surface area contributed by atoms with E-state index in [-0.39, 0.29) is 5.95 Å². The molecule has 9 nitrogen and oxygen atoms in total. The third-order valence-corrected chi connectivity index (χ3v) is 4.50. The summed E-state index contributed by atoms with van der Waals surface area (Å²) < 4.78 is 7.31. The molecular formula is C16H20N8O. The van der Waals surface area contributed by atoms with Crippen LogP contribution in [0.3, 0.4) is 0 Å². The van der Waals surface area contributed by atoms with Crippen molar-refractivity contribution in [1.82, 2.24) is 19.7 Å². The molecule has 0 amide bonds. The average Bonchev–Trinajstić information content (AvgIpc) is 2.92. The van der Waals surface area contributed by atoms with E-state index in [1.807, 2.05) is 16.8 Å². The maximum Gasteiger partial charge on any atom is 0.223 e. The van der Waals surface area contributed by atoms with E-state index in [1.54, 1.807) is 0 Å². The highest BCUT2D eigenvalue weighted by Crippen LogP contribution is 2.24. The van der Waals surface area contributed by atoms with Gasteiger partial charge >= 0.3 is 0 Å². The van der Waals surface area contributed by atoms with Crippen LogP contribution in [0.2, 0.25) is 0 Å². The maximum atomic E-state index is 9.06. The summed E-state index contributed by atoms with van der Waals surface area (Å²) in [5, 5.41) is 13.4. The van der Waals surface area contributed by atoms with Gasteiger partial charge in [-0.2, -0.15) is 20.3 Å². The summed E-state index contributed by atoms with van der Waals surface area (Å²) in [7, 11) is 0. The minimum atomic E-state index is 0.273. The lowest BCUT2D eigenvalue weighted by molar-refractivity contribution is 0.122. The van der Waals surface area contributed by atoms with Gasteiger partial charge in [-0.1, -0.05) is 0 Å². The lowest BCUT2D eigenvalue weighted by atomic mass is 10.3. The molecule has 0 aliphatic carbocycles. The van der Waals surface area contributed by atoms with Gasteiger partial charge in [0.05, 0.1) is 25.5 Å². The van der Waals surface area contributed by atoms with E-state index >= 15 is 0 Å². The second kappa shape index (κ2) is 6.57. The molecule has 0 bridgehead atoms. The molecule has 2 aliphatic heterocycles. The second-order valence-electron chi connectivity index (χ2n) is 6.17. The standard InChI is InChI=1S/C16H20N8O/c17-10-12-8-13-11-23(2-1-3-24(13)21-12)15-9-14(19-16(18)20-15)22-4-6-25-7-5-22/h8-9H,1-7,11H2,(H2,18,19,20). The molecule has 4 heterocycles. The van der Waals surface area contributed by atoms with Crippen LogP contribution in [0.5, 0.6) is 0 Å². The Balaban J connectivity index is 1.62. The number of ether oxygens (including phenoxy) is 1. The van der Waals surface area contributed by atoms with Gasteiger partial charge in [-0.3, -0.25) is 4.68 Å². The van der Waals surface area contributed by atoms with Gasteiger partial charge in [0.1, 0.15) is 17.7 Å². The van der Waals surface area contributed by atoms with Crippen molar-refractivity contribution in [1.29, 1.82) is 5.26 Å². The Bertz CT molecular complexity index is 805. The van der Waals surface area contributed by atoms with Crippen LogP contribution in [0.15, 0.2) is 12.1 Å². The maximum absolute atomic E-state index is 9.06. The number of fused-ring (bicyclic) bond motifs is 1. The highest BCUT2D eigenvalue weighted by molar-refractivity contribution is 5.54. The first-order valence-corrected chi connectivity index (χ1v) is 8.42. The van der Waals surface area contributed by atoms with Crippen molar-refractivity contribution in [3.05, 3.63) is 23.5 Å². The number of nitrogen functional groups attached to an aromatic ring is 1. The molecule has 0 saturated carbocycles. The summed E-state index contributed by atoms with van der Waals surface area (Å²) in [6, 6.07) is 5.93. The molecule has 25 heavy (non-hydrogen) atoms. The first-order valence-electron chi connectivity index (χ1n) is 8.42. The summed E-state index contributed by atoms with van der Waals surface area (Å²) in [5.74, 6) is 1.91. The predicted octanol–water partition coefficient (Wildman–Crippen LogP) is 0.374. The van der Waals surface area contributed by atoms with Crippen LogP contribution < -0.4 is 15.5 Å². The Morgan fingerprint density at radius 1 is 1.04 bits per heavy atom. The Labute approximate surface area is 145 Å². The molecule has 2 aromatic heterocycles. The summed E-state index contributed by atoms with van der Waals surface area (Å²) in [6.45, 7) is 5.28. The number of rotatable bonds is 2. The van der Waals surface area contributed by atoms with Crippen molar-refractivity contribution >= 4 is 17.6 Å². The molecule has 4 rings (SSSR count). The Morgan fingerprint density at radius 2 is 1.80 bits per heavy atom. The number of nitriles is 1. The van der Waals surface area contributed by atoms with Gasteiger partial charge in [-0.05, 0) is 12.5 Å². The van der Waals surface area contributed by atoms with E-state index in [2.05, 4.69) is 30.9 Å². The molecule has 1 fully saturated rings. The number of hydrogen-bond donors (Lipinski definition) is 1. The molecule has 2 aromatic rings. The van der Waals surface area contributed by atoms with Gasteiger partial charge in [0.15, 0.2) is 5.69 Å². The SMILES string of the molecule is N#Cc1cc2n(n1)CCCN(c1cc(N3CCOCC3)nc(N)n1)C2. The Morgan fingerprint density at radius 3 is 2.56 bits per heavy atom. The minimum Gasteiger partial charge on any atom is -0.378 e. The van der Waals surface area contributed by atoms with Crippen molar-refractivity contribution in [3.63, 3.8) is 0 Å². The molecule has 130 valence electrons. The number of morpholine rings is 1. The predicted molar refractivity (Wildman–Crippen MR) is 92.1 cm³/mol. The third-order valence-electron chi connectivity index (χ3n) is 4.50. The molecule has 0 aromatic carbocycles. The molecule has 0 radical (unpaired) electrons. The van der Waals surface area contributed by atoms with E-state index in [1.165, 1.54) is 0 Å². The van der Waals surface area contributed by atoms with Gasteiger partial charge < -0.3 is 20.3 Å². The zero-order chi connectivity index (χ0) is 17.2. The van der Waals surface area contributed by atoms with E-state index in [9.17, 15) is 0 Å². The Kier molecular flexibility index (Phi) is 4.11. The monoisotopic (exact) mass is 340 g/mol. The first kappa shape index (κ1) is 15.7. The molecule has 0 unspecified atom stereocenters. The van der Waals surface area contributed by atoms with Crippen LogP contribution >= 0.6 is 0 Å². The van der Waals surface area contributed by atoms with Crippen molar-refractivity contribution in [3.8, 4) is 6.07 Å². The summed E-state index contributed by atoms with van der Waals surface area (Å²) in [5.41, 5.74) is 7.43. The van der Waals surface area contributed by atoms with Crippen LogP contribution in [0.4, 0.5) is 17.6 Å². The van der Waals surface area contributed by atoms with Crippen LogP contribution in [0.1, 0.15) is 17.8 Å². The van der Waals surface area contributed by atoms with Gasteiger partial charge in [0.25, 0.3) is 0 Å². The molecule has 9 heteroatoms. The average molecular weight is 340 g/mol. The lowest BCUT2D eigenvalue weighted by Gasteiger charge is -2.29. The molecule has 2 N–H and O–H groups in total. The summed E-state index contributed by atoms with van der Waals surface area (Å²) in [6.07, 6.45) is 0.927. The van der Waals surface area contributed by atoms with Crippen LogP contribution in [-0.4, -0.2) is 52.6 Å². The second-order valence-corrected chi connectivity index (χ2v) is 6.17. The fourth-order valence-electron chi connectivity index (χ4n) is 3.27. The van der Waals surface area contributed by atoms with Crippen molar-refractivity contribution < 1.29 is 4.74 Å². The number of nitrogens with zero attached hydrogens (tertiary/aromatic N) is 7. The highest BCUT2D eigenvalue weighted by Gasteiger charge is 2.20. The highest BCUT2D eigenvalue weighted by atomic mass is 16.5. The number of anilines is 3. The zero-order valence-electron chi connectivity index (χ0n) is 13.9. The molecule has 1 saturated heterocycles. The molecule has 2 aliphatic rings. The normalized spacial score (nSPS) is 17.7. The lowest BCUT2D eigenvalue weighted by Crippen LogP contribution is -2.37. The summed E-state index contributed by atoms with van der Waals surface area (Å²) in [4.78, 5) is 13.2. The van der Waals surface area contributed by atoms with E-state index in [0.717, 1.165) is 49.9 Å². The zero-order valence-corrected chi connectivity index (χ0v) is 13.9. The fraction of sp³-hybridized carbons (Fsp3) is 0.500. The van der Waals surface area contributed by atoms with Crippen LogP contribution in [-0.2, 0) is 17.8 Å². The van der Waals surface area contributed by atoms with E-state index in [0.29, 0.717) is 25.5 Å². The van der Waals surface area contributed by atoms with E-state index < -0.39 is 0 Å². The van der Waals surface area contributed by atoms with Crippen molar-refractivity contribution in [2.75, 3.05) is 48.4 Å². The smallest absolute Gasteiger partial charge is 0.223 e. The van der Waals surface area contributed by atoms with E-state index in [4.69, 9.17) is 15.7 Å². The van der Waals surface area contributed by atoms with Crippen molar-refractivity contribution in [2.24, 2.45) is 0 Å². The first-order chi connectivity index (χ1) is 12.2. The van der Waals surface area contributed by atoms with Gasteiger partial charge in [0.2, 0.25) is 5.95 Å². The number of nitrogens with two attached hydrogens (primary N) is 1. The third kappa shape index (κ3) is 3.21. The summed E-state index contributed by atoms with van der Waals surface area (Å²) >= 11 is 0. The number of aryl methyl sites for hydroxylation is 1. The van der Waals surface area contributed by atoms with Gasteiger partial charge in [-0.15, -0.1) is 0 Å². The molecule has 0 atom stereocenters.